The Morgan fingerprint density at radius 1 is 1.32 bits per heavy atom. The maximum atomic E-state index is 12.3. The summed E-state index contributed by atoms with van der Waals surface area (Å²) < 4.78 is 50.6. The van der Waals surface area contributed by atoms with Crippen molar-refractivity contribution in [1.29, 1.82) is 0 Å². The molecule has 2 N–H and O–H groups in total. The van der Waals surface area contributed by atoms with Crippen LogP contribution in [0.25, 0.3) is 0 Å². The van der Waals surface area contributed by atoms with Crippen molar-refractivity contribution in [2.75, 3.05) is 25.6 Å². The van der Waals surface area contributed by atoms with Crippen LogP contribution in [0, 0.1) is 0 Å². The van der Waals surface area contributed by atoms with E-state index in [0.717, 1.165) is 19.2 Å². The van der Waals surface area contributed by atoms with Gasteiger partial charge in [-0.3, -0.25) is 5.32 Å². The number of nitrogens with zero attached hydrogens (tertiary/aromatic N) is 1. The number of carbonyl (C=O) groups excluding carboxylic acids is 2. The molecular weight excluding hydrogens is 367 g/mol. The Bertz CT molecular complexity index is 654. The molecular formula is C13H14F3N3O5S. The highest BCUT2D eigenvalue weighted by atomic mass is 32.1. The standard InChI is InChI=1S/C13H14F3N3O5S/c1-3-23-12(21)19-11(25)18-9-8(24-6-13(14,15)16)5-4-7(17-9)10(20)22-2/h4-5H,3,6H2,1-2H3,(H2,17,18,19,21,25). The van der Waals surface area contributed by atoms with Gasteiger partial charge in [-0.2, -0.15) is 13.2 Å². The number of halogens is 3. The van der Waals surface area contributed by atoms with Crippen LogP contribution in [0.3, 0.4) is 0 Å². The molecule has 1 rings (SSSR count). The summed E-state index contributed by atoms with van der Waals surface area (Å²) in [5.74, 6) is -1.47. The number of aromatic nitrogens is 1. The van der Waals surface area contributed by atoms with Crippen LogP contribution in [0.1, 0.15) is 17.4 Å². The topological polar surface area (TPSA) is 98.8 Å². The first kappa shape index (κ1) is 20.4. The van der Waals surface area contributed by atoms with Crippen molar-refractivity contribution in [3.05, 3.63) is 17.8 Å². The van der Waals surface area contributed by atoms with Crippen molar-refractivity contribution >= 4 is 35.2 Å². The van der Waals surface area contributed by atoms with E-state index < -0.39 is 24.8 Å². The lowest BCUT2D eigenvalue weighted by Gasteiger charge is -2.15. The SMILES string of the molecule is CCOC(=O)NC(=S)Nc1nc(C(=O)OC)ccc1OCC(F)(F)F. The van der Waals surface area contributed by atoms with Gasteiger partial charge in [-0.05, 0) is 31.3 Å². The number of rotatable bonds is 5. The number of thiocarbonyl (C=S) groups is 1. The van der Waals surface area contributed by atoms with Crippen LogP contribution >= 0.6 is 12.2 Å². The second-order valence-corrected chi connectivity index (χ2v) is 4.65. The number of pyridine rings is 1. The van der Waals surface area contributed by atoms with Crippen molar-refractivity contribution in [3.8, 4) is 5.75 Å². The summed E-state index contributed by atoms with van der Waals surface area (Å²) in [6.07, 6.45) is -5.45. The molecule has 0 saturated carbocycles. The molecule has 0 bridgehead atoms. The molecule has 0 aliphatic heterocycles. The van der Waals surface area contributed by atoms with E-state index in [4.69, 9.17) is 12.2 Å². The Morgan fingerprint density at radius 2 is 2.00 bits per heavy atom. The Kier molecular flexibility index (Phi) is 7.36. The lowest BCUT2D eigenvalue weighted by Crippen LogP contribution is -2.35. The number of hydrogen-bond donors (Lipinski definition) is 2. The summed E-state index contributed by atoms with van der Waals surface area (Å²) in [4.78, 5) is 26.5. The lowest BCUT2D eigenvalue weighted by molar-refractivity contribution is -0.153. The number of ether oxygens (including phenoxy) is 3. The van der Waals surface area contributed by atoms with Crippen molar-refractivity contribution in [1.82, 2.24) is 10.3 Å². The molecule has 1 heterocycles. The Labute approximate surface area is 145 Å². The zero-order chi connectivity index (χ0) is 19.0. The van der Waals surface area contributed by atoms with Gasteiger partial charge in [0.2, 0.25) is 0 Å². The van der Waals surface area contributed by atoms with Gasteiger partial charge in [-0.25, -0.2) is 14.6 Å². The second kappa shape index (κ2) is 9.01. The minimum atomic E-state index is -4.58. The lowest BCUT2D eigenvalue weighted by atomic mass is 10.3. The monoisotopic (exact) mass is 381 g/mol. The summed E-state index contributed by atoms with van der Waals surface area (Å²) in [7, 11) is 1.11. The number of amides is 1. The molecule has 0 atom stereocenters. The van der Waals surface area contributed by atoms with E-state index in [1.165, 1.54) is 0 Å². The number of methoxy groups -OCH3 is 1. The average molecular weight is 381 g/mol. The van der Waals surface area contributed by atoms with Crippen molar-refractivity contribution in [2.45, 2.75) is 13.1 Å². The fraction of sp³-hybridized carbons (Fsp3) is 0.385. The summed E-state index contributed by atoms with van der Waals surface area (Å²) >= 11 is 4.82. The molecule has 0 aliphatic rings. The summed E-state index contributed by atoms with van der Waals surface area (Å²) in [5.41, 5.74) is -0.205. The Balaban J connectivity index is 2.99. The van der Waals surface area contributed by atoms with Gasteiger partial charge >= 0.3 is 18.2 Å². The average Bonchev–Trinajstić information content (AvgIpc) is 2.52. The largest absolute Gasteiger partial charge is 0.480 e. The van der Waals surface area contributed by atoms with Crippen LogP contribution < -0.4 is 15.4 Å². The minimum Gasteiger partial charge on any atom is -0.480 e. The highest BCUT2D eigenvalue weighted by Crippen LogP contribution is 2.25. The first-order valence-electron chi connectivity index (χ1n) is 6.70. The molecule has 25 heavy (non-hydrogen) atoms. The van der Waals surface area contributed by atoms with Gasteiger partial charge in [0.1, 0.15) is 0 Å². The van der Waals surface area contributed by atoms with E-state index in [1.807, 2.05) is 0 Å². The zero-order valence-electron chi connectivity index (χ0n) is 13.1. The first-order chi connectivity index (χ1) is 11.7. The van der Waals surface area contributed by atoms with Gasteiger partial charge in [0, 0.05) is 0 Å². The fourth-order valence-corrected chi connectivity index (χ4v) is 1.61. The van der Waals surface area contributed by atoms with Crippen LogP contribution in [0.2, 0.25) is 0 Å². The van der Waals surface area contributed by atoms with Crippen LogP contribution in [0.15, 0.2) is 12.1 Å². The fourth-order valence-electron chi connectivity index (χ4n) is 1.43. The van der Waals surface area contributed by atoms with Crippen LogP contribution in [-0.2, 0) is 9.47 Å². The van der Waals surface area contributed by atoms with Gasteiger partial charge in [-0.15, -0.1) is 0 Å². The molecule has 8 nitrogen and oxygen atoms in total. The second-order valence-electron chi connectivity index (χ2n) is 4.24. The van der Waals surface area contributed by atoms with E-state index in [9.17, 15) is 22.8 Å². The molecule has 0 fully saturated rings. The molecule has 12 heteroatoms. The van der Waals surface area contributed by atoms with Crippen LogP contribution in [0.5, 0.6) is 5.75 Å². The van der Waals surface area contributed by atoms with Gasteiger partial charge in [0.05, 0.1) is 13.7 Å². The normalized spacial score (nSPS) is 10.6. The molecule has 138 valence electrons. The number of alkyl halides is 3. The minimum absolute atomic E-state index is 0.0878. The highest BCUT2D eigenvalue weighted by Gasteiger charge is 2.29. The Morgan fingerprint density at radius 3 is 2.56 bits per heavy atom. The Hall–Kier alpha value is -2.63. The van der Waals surface area contributed by atoms with E-state index in [0.29, 0.717) is 0 Å². The van der Waals surface area contributed by atoms with Gasteiger partial charge < -0.3 is 19.5 Å². The molecule has 0 radical (unpaired) electrons. The molecule has 0 aliphatic carbocycles. The maximum absolute atomic E-state index is 12.3. The zero-order valence-corrected chi connectivity index (χ0v) is 13.9. The van der Waals surface area contributed by atoms with Gasteiger partial charge in [-0.1, -0.05) is 0 Å². The molecule has 0 saturated heterocycles. The summed E-state index contributed by atoms with van der Waals surface area (Å²) in [6.45, 7) is 0.0734. The third kappa shape index (κ3) is 7.20. The number of anilines is 1. The van der Waals surface area contributed by atoms with E-state index in [2.05, 4.69) is 29.8 Å². The quantitative estimate of drug-likeness (QED) is 0.592. The maximum Gasteiger partial charge on any atom is 0.422 e. The van der Waals surface area contributed by atoms with Crippen molar-refractivity contribution < 1.29 is 37.0 Å². The number of esters is 1. The summed E-state index contributed by atoms with van der Waals surface area (Å²) in [5, 5.41) is 4.17. The summed E-state index contributed by atoms with van der Waals surface area (Å²) in [6, 6.07) is 2.20. The number of carbonyl (C=O) groups is 2. The molecule has 0 spiro atoms. The molecule has 1 amide bonds. The number of nitrogens with one attached hydrogen (secondary N) is 2. The number of hydrogen-bond acceptors (Lipinski definition) is 7. The predicted octanol–water partition coefficient (Wildman–Crippen LogP) is 2.25. The molecule has 0 aromatic carbocycles. The van der Waals surface area contributed by atoms with E-state index >= 15 is 0 Å². The molecule has 1 aromatic rings. The van der Waals surface area contributed by atoms with Crippen LogP contribution in [0.4, 0.5) is 23.8 Å². The van der Waals surface area contributed by atoms with E-state index in [-0.39, 0.29) is 29.0 Å². The molecule has 0 unspecified atom stereocenters. The smallest absolute Gasteiger partial charge is 0.422 e. The van der Waals surface area contributed by atoms with Gasteiger partial charge in [0.15, 0.2) is 29.0 Å². The first-order valence-corrected chi connectivity index (χ1v) is 7.10. The van der Waals surface area contributed by atoms with Crippen molar-refractivity contribution in [2.24, 2.45) is 0 Å². The van der Waals surface area contributed by atoms with Crippen LogP contribution in [-0.4, -0.2) is 48.7 Å². The van der Waals surface area contributed by atoms with Crippen molar-refractivity contribution in [3.63, 3.8) is 0 Å². The third-order valence-corrected chi connectivity index (χ3v) is 2.57. The van der Waals surface area contributed by atoms with E-state index in [1.54, 1.807) is 6.92 Å². The molecule has 1 aromatic heterocycles. The van der Waals surface area contributed by atoms with Gasteiger partial charge in [0.25, 0.3) is 0 Å². The predicted molar refractivity (Wildman–Crippen MR) is 83.5 cm³/mol. The highest BCUT2D eigenvalue weighted by molar-refractivity contribution is 7.80. The number of alkyl carbamates (subject to hydrolysis) is 1. The third-order valence-electron chi connectivity index (χ3n) is 2.37.